The maximum atomic E-state index is 12.6. The Bertz CT molecular complexity index is 1260. The number of nitrogens with one attached hydrogen (secondary N) is 3. The van der Waals surface area contributed by atoms with Crippen LogP contribution in [0.2, 0.25) is 0 Å². The van der Waals surface area contributed by atoms with Crippen LogP contribution in [0.5, 0.6) is 0 Å². The zero-order valence-electron chi connectivity index (χ0n) is 15.8. The Morgan fingerprint density at radius 2 is 1.77 bits per heavy atom. The van der Waals surface area contributed by atoms with Crippen molar-refractivity contribution in [3.05, 3.63) is 66.2 Å². The maximum absolute atomic E-state index is 12.6. The van der Waals surface area contributed by atoms with Gasteiger partial charge in [0.15, 0.2) is 0 Å². The number of benzene rings is 3. The smallest absolute Gasteiger partial charge is 0.335 e. The van der Waals surface area contributed by atoms with Crippen molar-refractivity contribution in [1.29, 1.82) is 0 Å². The zero-order valence-corrected chi connectivity index (χ0v) is 16.6. The van der Waals surface area contributed by atoms with Gasteiger partial charge in [0.2, 0.25) is 15.9 Å². The summed E-state index contributed by atoms with van der Waals surface area (Å²) in [5, 5.41) is 16.6. The van der Waals surface area contributed by atoms with Crippen LogP contribution in [-0.4, -0.2) is 38.0 Å². The Labute approximate surface area is 173 Å². The Kier molecular flexibility index (Phi) is 5.15. The van der Waals surface area contributed by atoms with E-state index in [0.29, 0.717) is 11.4 Å². The van der Waals surface area contributed by atoms with Crippen LogP contribution in [0, 0.1) is 0 Å². The summed E-state index contributed by atoms with van der Waals surface area (Å²) in [7, 11) is -3.74. The number of amides is 1. The van der Waals surface area contributed by atoms with E-state index >= 15 is 0 Å². The number of hydrogen-bond donors (Lipinski definition) is 4. The fraction of sp³-hybridized carbons (Fsp3) is 0.143. The lowest BCUT2D eigenvalue weighted by molar-refractivity contribution is -0.117. The number of rotatable bonds is 6. The van der Waals surface area contributed by atoms with E-state index in [1.807, 2.05) is 24.3 Å². The van der Waals surface area contributed by atoms with Gasteiger partial charge in [0, 0.05) is 6.54 Å². The fourth-order valence-electron chi connectivity index (χ4n) is 3.34. The molecule has 0 bridgehead atoms. The highest BCUT2D eigenvalue weighted by molar-refractivity contribution is 7.89. The lowest BCUT2D eigenvalue weighted by Gasteiger charge is -2.27. The molecule has 0 saturated heterocycles. The van der Waals surface area contributed by atoms with Crippen molar-refractivity contribution in [3.63, 3.8) is 0 Å². The van der Waals surface area contributed by atoms with Gasteiger partial charge in [-0.05, 0) is 47.5 Å². The van der Waals surface area contributed by atoms with E-state index in [0.717, 1.165) is 10.8 Å². The Hall–Kier alpha value is -3.43. The number of carbonyl (C=O) groups excluding carboxylic acids is 1. The second-order valence-electron chi connectivity index (χ2n) is 6.95. The molecule has 1 heterocycles. The first-order valence-corrected chi connectivity index (χ1v) is 10.7. The molecule has 3 aromatic rings. The summed E-state index contributed by atoms with van der Waals surface area (Å²) in [6.07, 6.45) is 0.190. The predicted molar refractivity (Wildman–Crippen MR) is 113 cm³/mol. The summed E-state index contributed by atoms with van der Waals surface area (Å²) in [4.78, 5) is 23.6. The maximum Gasteiger partial charge on any atom is 0.335 e. The van der Waals surface area contributed by atoms with Gasteiger partial charge >= 0.3 is 5.97 Å². The monoisotopic (exact) mass is 425 g/mol. The van der Waals surface area contributed by atoms with Gasteiger partial charge in [-0.15, -0.1) is 0 Å². The van der Waals surface area contributed by atoms with Crippen LogP contribution in [0.3, 0.4) is 0 Å². The highest BCUT2D eigenvalue weighted by Gasteiger charge is 2.26. The predicted octanol–water partition coefficient (Wildman–Crippen LogP) is 2.64. The van der Waals surface area contributed by atoms with E-state index in [2.05, 4.69) is 15.4 Å². The number of carboxylic acids is 1. The minimum atomic E-state index is -3.74. The summed E-state index contributed by atoms with van der Waals surface area (Å²) in [6.45, 7) is 0.0359. The van der Waals surface area contributed by atoms with E-state index in [1.54, 1.807) is 18.2 Å². The van der Waals surface area contributed by atoms with Gasteiger partial charge in [-0.3, -0.25) is 4.79 Å². The molecule has 1 aliphatic heterocycles. The molecule has 1 atom stereocenters. The first-order chi connectivity index (χ1) is 14.3. The normalized spacial score (nSPS) is 15.9. The van der Waals surface area contributed by atoms with Crippen LogP contribution in [-0.2, 0) is 14.8 Å². The quantitative estimate of drug-likeness (QED) is 0.481. The third kappa shape index (κ3) is 3.98. The van der Waals surface area contributed by atoms with Gasteiger partial charge in [0.25, 0.3) is 0 Å². The molecular weight excluding hydrogens is 406 g/mol. The van der Waals surface area contributed by atoms with Crippen LogP contribution < -0.4 is 15.4 Å². The molecule has 0 aliphatic carbocycles. The van der Waals surface area contributed by atoms with Crippen molar-refractivity contribution in [2.45, 2.75) is 17.4 Å². The fourth-order valence-corrected chi connectivity index (χ4v) is 4.42. The molecule has 9 heteroatoms. The Morgan fingerprint density at radius 3 is 2.53 bits per heavy atom. The number of fused-ring (bicyclic) bond motifs is 2. The average molecular weight is 425 g/mol. The molecule has 8 nitrogen and oxygen atoms in total. The van der Waals surface area contributed by atoms with Gasteiger partial charge in [0.05, 0.1) is 21.8 Å². The second kappa shape index (κ2) is 7.77. The molecule has 0 aromatic heterocycles. The lowest BCUT2D eigenvalue weighted by Crippen LogP contribution is -2.41. The molecule has 0 fully saturated rings. The molecule has 0 saturated carbocycles. The van der Waals surface area contributed by atoms with Crippen molar-refractivity contribution in [2.24, 2.45) is 0 Å². The molecule has 1 amide bonds. The highest BCUT2D eigenvalue weighted by atomic mass is 32.2. The first-order valence-electron chi connectivity index (χ1n) is 9.27. The molecule has 1 aliphatic rings. The van der Waals surface area contributed by atoms with Crippen LogP contribution in [0.15, 0.2) is 65.6 Å². The number of aromatic carboxylic acids is 1. The largest absolute Gasteiger partial charge is 0.478 e. The summed E-state index contributed by atoms with van der Waals surface area (Å²) in [5.74, 6) is -1.38. The summed E-state index contributed by atoms with van der Waals surface area (Å²) >= 11 is 0. The molecule has 4 rings (SSSR count). The van der Waals surface area contributed by atoms with Crippen LogP contribution in [0.1, 0.15) is 16.8 Å². The van der Waals surface area contributed by atoms with Gasteiger partial charge in [-0.1, -0.05) is 30.3 Å². The van der Waals surface area contributed by atoms with E-state index in [1.165, 1.54) is 18.2 Å². The Balaban J connectivity index is 1.43. The summed E-state index contributed by atoms with van der Waals surface area (Å²) in [5.41, 5.74) is 1.06. The molecule has 0 radical (unpaired) electrons. The minimum Gasteiger partial charge on any atom is -0.478 e. The molecule has 3 aromatic carbocycles. The van der Waals surface area contributed by atoms with Gasteiger partial charge in [-0.25, -0.2) is 17.9 Å². The van der Waals surface area contributed by atoms with E-state index in [-0.39, 0.29) is 29.3 Å². The molecule has 30 heavy (non-hydrogen) atoms. The SMILES string of the molecule is O=C(O)c1ccc2c(c1)NC(CCNS(=O)(=O)c1ccc3ccccc3c1)C(=O)N2. The number of hydrogen-bond acceptors (Lipinski definition) is 5. The second-order valence-corrected chi connectivity index (χ2v) is 8.71. The average Bonchev–Trinajstić information content (AvgIpc) is 2.73. The van der Waals surface area contributed by atoms with Gasteiger partial charge in [0.1, 0.15) is 6.04 Å². The van der Waals surface area contributed by atoms with E-state index in [9.17, 15) is 18.0 Å². The van der Waals surface area contributed by atoms with E-state index < -0.39 is 22.0 Å². The number of sulfonamides is 1. The van der Waals surface area contributed by atoms with Crippen molar-refractivity contribution in [3.8, 4) is 0 Å². The summed E-state index contributed by atoms with van der Waals surface area (Å²) in [6, 6.07) is 16.0. The molecule has 154 valence electrons. The third-order valence-electron chi connectivity index (χ3n) is 4.93. The van der Waals surface area contributed by atoms with Crippen molar-refractivity contribution in [2.75, 3.05) is 17.2 Å². The molecule has 1 unspecified atom stereocenters. The third-order valence-corrected chi connectivity index (χ3v) is 6.39. The summed E-state index contributed by atoms with van der Waals surface area (Å²) < 4.78 is 27.8. The topological polar surface area (TPSA) is 125 Å². The number of carboxylic acid groups (broad SMARTS) is 1. The van der Waals surface area contributed by atoms with Crippen LogP contribution >= 0.6 is 0 Å². The van der Waals surface area contributed by atoms with Crippen molar-refractivity contribution >= 4 is 44.0 Å². The number of carbonyl (C=O) groups is 2. The molecule has 4 N–H and O–H groups in total. The van der Waals surface area contributed by atoms with E-state index in [4.69, 9.17) is 5.11 Å². The van der Waals surface area contributed by atoms with Crippen LogP contribution in [0.25, 0.3) is 10.8 Å². The highest BCUT2D eigenvalue weighted by Crippen LogP contribution is 2.28. The lowest BCUT2D eigenvalue weighted by atomic mass is 10.1. The van der Waals surface area contributed by atoms with Crippen molar-refractivity contribution < 1.29 is 23.1 Å². The standard InChI is InChI=1S/C21H19N3O5S/c25-20-18(23-19-12-15(21(26)27)6-8-17(19)24-20)9-10-22-30(28,29)16-7-5-13-3-1-2-4-14(13)11-16/h1-8,11-12,18,22-23H,9-10H2,(H,24,25)(H,26,27). The van der Waals surface area contributed by atoms with Crippen LogP contribution in [0.4, 0.5) is 11.4 Å². The van der Waals surface area contributed by atoms with Gasteiger partial charge < -0.3 is 15.7 Å². The molecule has 0 spiro atoms. The first kappa shape index (κ1) is 19.9. The van der Waals surface area contributed by atoms with Gasteiger partial charge in [-0.2, -0.15) is 0 Å². The molecular formula is C21H19N3O5S. The number of anilines is 2. The minimum absolute atomic E-state index is 0.0359. The Morgan fingerprint density at radius 1 is 1.00 bits per heavy atom. The van der Waals surface area contributed by atoms with Crippen molar-refractivity contribution in [1.82, 2.24) is 4.72 Å². The zero-order chi connectivity index (χ0) is 21.3.